The van der Waals surface area contributed by atoms with Crippen LogP contribution in [-0.2, 0) is 9.53 Å². The second-order valence-corrected chi connectivity index (χ2v) is 6.16. The molecule has 0 radical (unpaired) electrons. The Kier molecular flexibility index (Phi) is 4.31. The summed E-state index contributed by atoms with van der Waals surface area (Å²) in [4.78, 5) is 11.7. The van der Waals surface area contributed by atoms with Crippen LogP contribution in [0.2, 0.25) is 0 Å². The molecule has 0 aromatic heterocycles. The van der Waals surface area contributed by atoms with Gasteiger partial charge in [0.15, 0.2) is 0 Å². The average Bonchev–Trinajstić information content (AvgIpc) is 3.12. The zero-order chi connectivity index (χ0) is 13.2. The van der Waals surface area contributed by atoms with Gasteiger partial charge in [-0.2, -0.15) is 0 Å². The fourth-order valence-corrected chi connectivity index (χ4v) is 3.48. The Morgan fingerprint density at radius 2 is 2.22 bits per heavy atom. The third kappa shape index (κ3) is 2.87. The molecule has 4 atom stereocenters. The Hall–Kier alpha value is -0.570. The van der Waals surface area contributed by atoms with Gasteiger partial charge < -0.3 is 9.84 Å². The first-order chi connectivity index (χ1) is 8.61. The van der Waals surface area contributed by atoms with Crippen LogP contribution in [0.25, 0.3) is 0 Å². The van der Waals surface area contributed by atoms with E-state index in [1.165, 1.54) is 19.3 Å². The summed E-state index contributed by atoms with van der Waals surface area (Å²) in [5, 5.41) is 9.64. The van der Waals surface area contributed by atoms with Gasteiger partial charge in [-0.15, -0.1) is 0 Å². The number of carboxylic acids is 1. The van der Waals surface area contributed by atoms with E-state index in [1.807, 2.05) is 0 Å². The predicted octanol–water partition coefficient (Wildman–Crippen LogP) is 3.62. The van der Waals surface area contributed by atoms with Crippen molar-refractivity contribution in [2.45, 2.75) is 77.4 Å². The highest BCUT2D eigenvalue weighted by atomic mass is 16.6. The van der Waals surface area contributed by atoms with E-state index in [0.717, 1.165) is 32.1 Å². The summed E-state index contributed by atoms with van der Waals surface area (Å²) in [7, 11) is 0. The van der Waals surface area contributed by atoms with Crippen molar-refractivity contribution in [3.8, 4) is 0 Å². The smallest absolute Gasteiger partial charge is 0.309 e. The first-order valence-electron chi connectivity index (χ1n) is 7.50. The quantitative estimate of drug-likeness (QED) is 0.706. The molecule has 2 fully saturated rings. The minimum Gasteiger partial charge on any atom is -0.481 e. The van der Waals surface area contributed by atoms with Gasteiger partial charge >= 0.3 is 5.97 Å². The van der Waals surface area contributed by atoms with Crippen LogP contribution in [0.1, 0.15) is 65.2 Å². The van der Waals surface area contributed by atoms with Crippen molar-refractivity contribution < 1.29 is 14.6 Å². The minimum atomic E-state index is -0.591. The lowest BCUT2D eigenvalue weighted by molar-refractivity contribution is -0.152. The summed E-state index contributed by atoms with van der Waals surface area (Å²) in [5.41, 5.74) is -0.494. The highest BCUT2D eigenvalue weighted by Gasteiger charge is 2.54. The van der Waals surface area contributed by atoms with Gasteiger partial charge in [-0.25, -0.2) is 0 Å². The first kappa shape index (κ1) is 13.9. The van der Waals surface area contributed by atoms with Crippen molar-refractivity contribution in [1.82, 2.24) is 0 Å². The van der Waals surface area contributed by atoms with Gasteiger partial charge in [-0.05, 0) is 31.6 Å². The lowest BCUT2D eigenvalue weighted by atomic mass is 9.68. The van der Waals surface area contributed by atoms with Gasteiger partial charge in [0.05, 0.1) is 17.6 Å². The van der Waals surface area contributed by atoms with Crippen LogP contribution < -0.4 is 0 Å². The number of ether oxygens (including phenoxy) is 1. The second-order valence-electron chi connectivity index (χ2n) is 6.16. The number of hydrogen-bond donors (Lipinski definition) is 1. The Balaban J connectivity index is 1.98. The van der Waals surface area contributed by atoms with Crippen LogP contribution >= 0.6 is 0 Å². The summed E-state index contributed by atoms with van der Waals surface area (Å²) in [5.74, 6) is -0.0252. The normalized spacial score (nSPS) is 35.9. The fourth-order valence-electron chi connectivity index (χ4n) is 3.48. The molecule has 0 aromatic carbocycles. The first-order valence-corrected chi connectivity index (χ1v) is 7.50. The monoisotopic (exact) mass is 254 g/mol. The number of aliphatic carboxylic acids is 1. The summed E-state index contributed by atoms with van der Waals surface area (Å²) < 4.78 is 5.52. The molecule has 2 aliphatic rings. The van der Waals surface area contributed by atoms with Crippen LogP contribution in [0, 0.1) is 11.3 Å². The fraction of sp³-hybridized carbons (Fsp3) is 0.933. The molecule has 1 aliphatic carbocycles. The van der Waals surface area contributed by atoms with E-state index in [4.69, 9.17) is 4.74 Å². The standard InChI is InChI=1S/C15H26O3/c1-3-5-6-11(4-2)9-15(14(16)17)8-7-12-13(10-15)18-12/h11-13H,3-10H2,1-2H3,(H,16,17). The molecule has 0 amide bonds. The molecule has 1 aliphatic heterocycles. The second kappa shape index (κ2) is 5.60. The van der Waals surface area contributed by atoms with E-state index in [2.05, 4.69) is 13.8 Å². The SMILES string of the molecule is CCCCC(CC)CC1(C(=O)O)CCC2OC2C1. The summed E-state index contributed by atoms with van der Waals surface area (Å²) in [6.45, 7) is 4.39. The number of carbonyl (C=O) groups is 1. The van der Waals surface area contributed by atoms with Gasteiger partial charge in [0, 0.05) is 0 Å². The molecule has 104 valence electrons. The molecule has 0 aromatic rings. The molecule has 1 saturated heterocycles. The molecule has 3 heteroatoms. The summed E-state index contributed by atoms with van der Waals surface area (Å²) in [6, 6.07) is 0. The van der Waals surface area contributed by atoms with Crippen molar-refractivity contribution in [3.63, 3.8) is 0 Å². The predicted molar refractivity (Wildman–Crippen MR) is 70.5 cm³/mol. The van der Waals surface area contributed by atoms with Crippen LogP contribution in [0.4, 0.5) is 0 Å². The molecular weight excluding hydrogens is 228 g/mol. The van der Waals surface area contributed by atoms with Gasteiger partial charge in [-0.3, -0.25) is 4.79 Å². The van der Waals surface area contributed by atoms with E-state index >= 15 is 0 Å². The Labute approximate surface area is 110 Å². The maximum atomic E-state index is 11.7. The van der Waals surface area contributed by atoms with Crippen molar-refractivity contribution >= 4 is 5.97 Å². The maximum Gasteiger partial charge on any atom is 0.309 e. The van der Waals surface area contributed by atoms with Crippen LogP contribution in [0.15, 0.2) is 0 Å². The molecule has 2 rings (SSSR count). The van der Waals surface area contributed by atoms with E-state index in [9.17, 15) is 9.90 Å². The van der Waals surface area contributed by atoms with Crippen molar-refractivity contribution in [2.75, 3.05) is 0 Å². The lowest BCUT2D eigenvalue weighted by Crippen LogP contribution is -2.37. The van der Waals surface area contributed by atoms with E-state index in [1.54, 1.807) is 0 Å². The largest absolute Gasteiger partial charge is 0.481 e. The Morgan fingerprint density at radius 3 is 2.78 bits per heavy atom. The molecular formula is C15H26O3. The van der Waals surface area contributed by atoms with Crippen LogP contribution in [-0.4, -0.2) is 23.3 Å². The number of epoxide rings is 1. The van der Waals surface area contributed by atoms with Gasteiger partial charge in [0.2, 0.25) is 0 Å². The summed E-state index contributed by atoms with van der Waals surface area (Å²) in [6.07, 6.45) is 8.68. The van der Waals surface area contributed by atoms with Crippen molar-refractivity contribution in [3.05, 3.63) is 0 Å². The number of hydrogen-bond acceptors (Lipinski definition) is 2. The number of fused-ring (bicyclic) bond motifs is 1. The molecule has 1 heterocycles. The van der Waals surface area contributed by atoms with E-state index < -0.39 is 11.4 Å². The molecule has 3 nitrogen and oxygen atoms in total. The molecule has 1 N–H and O–H groups in total. The van der Waals surface area contributed by atoms with Crippen molar-refractivity contribution in [2.24, 2.45) is 11.3 Å². The molecule has 1 saturated carbocycles. The molecule has 4 unspecified atom stereocenters. The maximum absolute atomic E-state index is 11.7. The number of carboxylic acid groups (broad SMARTS) is 1. The number of unbranched alkanes of at least 4 members (excludes halogenated alkanes) is 1. The van der Waals surface area contributed by atoms with Gasteiger partial charge in [0.1, 0.15) is 0 Å². The van der Waals surface area contributed by atoms with E-state index in [-0.39, 0.29) is 6.10 Å². The topological polar surface area (TPSA) is 49.8 Å². The Morgan fingerprint density at radius 1 is 1.44 bits per heavy atom. The lowest BCUT2D eigenvalue weighted by Gasteiger charge is -2.34. The van der Waals surface area contributed by atoms with Crippen LogP contribution in [0.3, 0.4) is 0 Å². The van der Waals surface area contributed by atoms with Gasteiger partial charge in [0.25, 0.3) is 0 Å². The van der Waals surface area contributed by atoms with Crippen LogP contribution in [0.5, 0.6) is 0 Å². The number of rotatable bonds is 7. The molecule has 0 spiro atoms. The molecule has 18 heavy (non-hydrogen) atoms. The highest BCUT2D eigenvalue weighted by molar-refractivity contribution is 5.75. The third-order valence-corrected chi connectivity index (χ3v) is 4.86. The summed E-state index contributed by atoms with van der Waals surface area (Å²) >= 11 is 0. The average molecular weight is 254 g/mol. The van der Waals surface area contributed by atoms with Gasteiger partial charge in [-0.1, -0.05) is 39.5 Å². The zero-order valence-corrected chi connectivity index (χ0v) is 11.7. The highest BCUT2D eigenvalue weighted by Crippen LogP contribution is 2.50. The third-order valence-electron chi connectivity index (χ3n) is 4.86. The zero-order valence-electron chi connectivity index (χ0n) is 11.7. The minimum absolute atomic E-state index is 0.249. The van der Waals surface area contributed by atoms with Crippen molar-refractivity contribution in [1.29, 1.82) is 0 Å². The van der Waals surface area contributed by atoms with E-state index in [0.29, 0.717) is 12.0 Å². The Bertz CT molecular complexity index is 302. The molecule has 0 bridgehead atoms.